The van der Waals surface area contributed by atoms with Crippen molar-refractivity contribution in [1.82, 2.24) is 0 Å². The molecule has 0 radical (unpaired) electrons. The Balaban J connectivity index is 1.13. The van der Waals surface area contributed by atoms with Crippen molar-refractivity contribution in [3.63, 3.8) is 0 Å². The molecule has 24 atom stereocenters. The van der Waals surface area contributed by atoms with Crippen molar-refractivity contribution in [2.45, 2.75) is 198 Å². The summed E-state index contributed by atoms with van der Waals surface area (Å²) >= 11 is 0. The molecule has 0 aromatic rings. The summed E-state index contributed by atoms with van der Waals surface area (Å²) in [6.07, 6.45) is -20.5. The van der Waals surface area contributed by atoms with Crippen LogP contribution in [0.5, 0.6) is 0 Å². The highest BCUT2D eigenvalue weighted by Gasteiger charge is 2.72. The lowest BCUT2D eigenvalue weighted by atomic mass is 9.33. The molecule has 0 aromatic carbocycles. The summed E-state index contributed by atoms with van der Waals surface area (Å²) in [5.74, 6) is -3.36. The highest BCUT2D eigenvalue weighted by atomic mass is 16.8. The number of aldehydes is 1. The SMILES string of the molecule is CC1(C)CC[C@@]2(C(=O)O)C(C1)C1=CCC3C4(C)CC[C@H](O[C@@H]5OC(C(=O)O)[C@@H](O)[C@H](O[C@@H]6OC[C@@H](O)[C@@H](O)C6O)C5O[C@@H]5OC(CO)[C@@H](O)[C@H](O)C5O)[C@](C)(C=O)[C@@H]4CCC3(C)[C@]1(C)C[C@@H]2O. The number of carbonyl (C=O) groups is 3. The maximum absolute atomic E-state index is 13.8. The molecule has 4 saturated carbocycles. The first kappa shape index (κ1) is 51.1. The van der Waals surface area contributed by atoms with Gasteiger partial charge < -0.3 is 89.4 Å². The fourth-order valence-electron chi connectivity index (χ4n) is 14.8. The van der Waals surface area contributed by atoms with Crippen LogP contribution >= 0.6 is 0 Å². The Bertz CT molecular complexity index is 1910. The molecule has 3 aliphatic heterocycles. The summed E-state index contributed by atoms with van der Waals surface area (Å²) in [6.45, 7) is 11.3. The zero-order valence-electron chi connectivity index (χ0n) is 39.0. The number of fused-ring (bicyclic) bond motifs is 7. The zero-order chi connectivity index (χ0) is 49.1. The molecule has 67 heavy (non-hydrogen) atoms. The molecule has 0 bridgehead atoms. The summed E-state index contributed by atoms with van der Waals surface area (Å²) in [7, 11) is 0. The average Bonchev–Trinajstić information content (AvgIpc) is 3.26. The molecule has 9 unspecified atom stereocenters. The van der Waals surface area contributed by atoms with Crippen molar-refractivity contribution in [3.05, 3.63) is 11.6 Å². The van der Waals surface area contributed by atoms with E-state index >= 15 is 0 Å². The van der Waals surface area contributed by atoms with E-state index < -0.39 is 150 Å². The van der Waals surface area contributed by atoms with Gasteiger partial charge in [0.15, 0.2) is 25.0 Å². The van der Waals surface area contributed by atoms with E-state index in [0.717, 1.165) is 11.9 Å². The number of carboxylic acids is 2. The summed E-state index contributed by atoms with van der Waals surface area (Å²) in [5.41, 5.74) is -3.10. The number of ether oxygens (including phenoxy) is 6. The Morgan fingerprint density at radius 1 is 0.731 bits per heavy atom. The number of carbonyl (C=O) groups excluding carboxylic acids is 1. The van der Waals surface area contributed by atoms with Gasteiger partial charge in [0.05, 0.1) is 30.8 Å². The highest BCUT2D eigenvalue weighted by Crippen LogP contribution is 2.76. The highest BCUT2D eigenvalue weighted by molar-refractivity contribution is 5.78. The van der Waals surface area contributed by atoms with Crippen molar-refractivity contribution in [3.8, 4) is 0 Å². The van der Waals surface area contributed by atoms with Gasteiger partial charge in [-0.05, 0) is 97.2 Å². The Hall–Kier alpha value is -2.25. The van der Waals surface area contributed by atoms with Crippen LogP contribution in [0.3, 0.4) is 0 Å². The molecule has 380 valence electrons. The summed E-state index contributed by atoms with van der Waals surface area (Å²) in [5, 5.41) is 118. The van der Waals surface area contributed by atoms with Gasteiger partial charge in [-0.1, -0.05) is 53.2 Å². The first-order valence-electron chi connectivity index (χ1n) is 23.8. The molecule has 20 heteroatoms. The minimum Gasteiger partial charge on any atom is -0.481 e. The van der Waals surface area contributed by atoms with Gasteiger partial charge >= 0.3 is 11.9 Å². The van der Waals surface area contributed by atoms with Gasteiger partial charge in [-0.15, -0.1) is 0 Å². The molecule has 3 saturated heterocycles. The van der Waals surface area contributed by atoms with E-state index in [9.17, 15) is 70.6 Å². The van der Waals surface area contributed by atoms with Crippen LogP contribution in [-0.2, 0) is 42.8 Å². The Morgan fingerprint density at radius 3 is 2.04 bits per heavy atom. The number of allylic oxidation sites excluding steroid dienone is 2. The van der Waals surface area contributed by atoms with Crippen molar-refractivity contribution >= 4 is 18.2 Å². The minimum atomic E-state index is -2.14. The van der Waals surface area contributed by atoms with E-state index in [0.29, 0.717) is 44.9 Å². The number of aliphatic hydroxyl groups excluding tert-OH is 9. The normalized spacial score (nSPS) is 54.0. The van der Waals surface area contributed by atoms with Crippen molar-refractivity contribution in [2.24, 2.45) is 50.2 Å². The summed E-state index contributed by atoms with van der Waals surface area (Å²) in [4.78, 5) is 39.8. The lowest BCUT2D eigenvalue weighted by Gasteiger charge is -2.71. The van der Waals surface area contributed by atoms with Crippen molar-refractivity contribution in [2.75, 3.05) is 13.2 Å². The van der Waals surface area contributed by atoms with Gasteiger partial charge in [-0.25, -0.2) is 4.79 Å². The molecular formula is C47H72O20. The first-order chi connectivity index (χ1) is 31.3. The van der Waals surface area contributed by atoms with Crippen LogP contribution in [0.4, 0.5) is 0 Å². The number of aliphatic hydroxyl groups is 9. The third-order valence-electron chi connectivity index (χ3n) is 18.9. The molecule has 20 nitrogen and oxygen atoms in total. The molecule has 11 N–H and O–H groups in total. The van der Waals surface area contributed by atoms with E-state index in [1.807, 2.05) is 0 Å². The number of hydrogen-bond acceptors (Lipinski definition) is 18. The fraction of sp³-hybridized carbons (Fsp3) is 0.894. The zero-order valence-corrected chi connectivity index (χ0v) is 39.0. The standard InChI is InChI=1S/C47H72O20/c1-42(2)13-14-47(41(60)61)21(15-42)20-7-8-25-43(3)11-10-27(44(4,19-49)24(43)9-12-45(25,5)46(20,6)16-26(47)51)64-40-36(67-39-32(56)30(54)29(53)23(17-48)63-39)34(33(57)35(66-40)37(58)59)65-38-31(55)28(52)22(50)18-62-38/h7,19,21-36,38-40,48,50-57H,8-18H2,1-6H3,(H,58,59)(H,60,61)/t21?,22-,23?,24-,25?,26+,27+,28-,29-,30+,31?,32?,33+,34+,35?,36?,38+,39+,40-,43?,44-,45?,46-,47-/m1/s1. The maximum Gasteiger partial charge on any atom is 0.335 e. The molecule has 7 fully saturated rings. The lowest BCUT2D eigenvalue weighted by molar-refractivity contribution is -0.391. The monoisotopic (exact) mass is 956 g/mol. The van der Waals surface area contributed by atoms with Crippen LogP contribution in [0.15, 0.2) is 11.6 Å². The second kappa shape index (κ2) is 17.8. The predicted octanol–water partition coefficient (Wildman–Crippen LogP) is -0.413. The van der Waals surface area contributed by atoms with Gasteiger partial charge in [0.2, 0.25) is 0 Å². The number of carboxylic acid groups (broad SMARTS) is 2. The summed E-state index contributed by atoms with van der Waals surface area (Å²) < 4.78 is 35.9. The second-order valence-electron chi connectivity index (χ2n) is 22.8. The van der Waals surface area contributed by atoms with Gasteiger partial charge in [-0.2, -0.15) is 0 Å². The van der Waals surface area contributed by atoms with E-state index in [1.165, 1.54) is 0 Å². The van der Waals surface area contributed by atoms with Crippen LogP contribution in [0, 0.1) is 50.2 Å². The topological polar surface area (TPSA) is 329 Å². The van der Waals surface area contributed by atoms with Crippen LogP contribution < -0.4 is 0 Å². The van der Waals surface area contributed by atoms with Gasteiger partial charge in [0, 0.05) is 0 Å². The number of hydrogen-bond donors (Lipinski definition) is 11. The van der Waals surface area contributed by atoms with Gasteiger partial charge in [0.25, 0.3) is 0 Å². The quantitative estimate of drug-likeness (QED) is 0.0753. The predicted molar refractivity (Wildman–Crippen MR) is 227 cm³/mol. The molecule has 3 heterocycles. The van der Waals surface area contributed by atoms with Crippen LogP contribution in [0.25, 0.3) is 0 Å². The molecule has 8 aliphatic rings. The van der Waals surface area contributed by atoms with Gasteiger partial charge in [-0.3, -0.25) is 4.79 Å². The number of rotatable bonds is 10. The molecule has 5 aliphatic carbocycles. The smallest absolute Gasteiger partial charge is 0.335 e. The van der Waals surface area contributed by atoms with E-state index in [-0.39, 0.29) is 36.0 Å². The lowest BCUT2D eigenvalue weighted by Crippen LogP contribution is -2.69. The molecule has 0 spiro atoms. The van der Waals surface area contributed by atoms with Gasteiger partial charge in [0.1, 0.15) is 72.7 Å². The van der Waals surface area contributed by atoms with Crippen molar-refractivity contribution < 1.29 is 99.0 Å². The Labute approximate surface area is 389 Å². The van der Waals surface area contributed by atoms with Crippen LogP contribution in [-0.4, -0.2) is 186 Å². The summed E-state index contributed by atoms with van der Waals surface area (Å²) in [6, 6.07) is 0. The van der Waals surface area contributed by atoms with E-state index in [2.05, 4.69) is 40.7 Å². The average molecular weight is 957 g/mol. The third kappa shape index (κ3) is 7.78. The maximum atomic E-state index is 13.8. The van der Waals surface area contributed by atoms with E-state index in [4.69, 9.17) is 28.4 Å². The van der Waals surface area contributed by atoms with Crippen LogP contribution in [0.2, 0.25) is 0 Å². The molecule has 8 rings (SSSR count). The van der Waals surface area contributed by atoms with E-state index in [1.54, 1.807) is 6.92 Å². The largest absolute Gasteiger partial charge is 0.481 e. The third-order valence-corrected chi connectivity index (χ3v) is 18.9. The molecular weight excluding hydrogens is 884 g/mol. The molecule has 0 aromatic heterocycles. The first-order valence-corrected chi connectivity index (χ1v) is 23.8. The van der Waals surface area contributed by atoms with Crippen LogP contribution in [0.1, 0.15) is 99.3 Å². The Kier molecular flexibility index (Phi) is 13.6. The fourth-order valence-corrected chi connectivity index (χ4v) is 14.8. The Morgan fingerprint density at radius 2 is 1.40 bits per heavy atom. The minimum absolute atomic E-state index is 0.0258. The molecule has 0 amide bonds. The van der Waals surface area contributed by atoms with Crippen molar-refractivity contribution in [1.29, 1.82) is 0 Å². The second-order valence-corrected chi connectivity index (χ2v) is 22.8. The number of aliphatic carboxylic acids is 2.